The van der Waals surface area contributed by atoms with E-state index in [1.165, 1.54) is 38.5 Å². The molecule has 0 radical (unpaired) electrons. The van der Waals surface area contributed by atoms with Crippen molar-refractivity contribution in [2.75, 3.05) is 39.9 Å². The zero-order chi connectivity index (χ0) is 15.8. The fourth-order valence-corrected chi connectivity index (χ4v) is 4.00. The largest absolute Gasteiger partial charge is 0.384 e. The van der Waals surface area contributed by atoms with Gasteiger partial charge < -0.3 is 15.0 Å². The molecule has 1 heterocycles. The summed E-state index contributed by atoms with van der Waals surface area (Å²) in [4.78, 5) is 7.31. The monoisotopic (exact) mass is 437 g/mol. The van der Waals surface area contributed by atoms with E-state index in [4.69, 9.17) is 9.73 Å². The van der Waals surface area contributed by atoms with Crippen molar-refractivity contribution in [1.82, 2.24) is 10.2 Å². The van der Waals surface area contributed by atoms with Gasteiger partial charge in [0.1, 0.15) is 0 Å². The summed E-state index contributed by atoms with van der Waals surface area (Å²) in [6.45, 7) is 9.55. The number of guanidine groups is 1. The number of nitrogens with one attached hydrogen (secondary N) is 1. The van der Waals surface area contributed by atoms with Gasteiger partial charge in [-0.3, -0.25) is 4.99 Å². The van der Waals surface area contributed by atoms with Crippen LogP contribution in [0.2, 0.25) is 0 Å². The minimum absolute atomic E-state index is 0. The van der Waals surface area contributed by atoms with Crippen molar-refractivity contribution >= 4 is 29.9 Å². The number of aliphatic imine (C=N–C) groups is 1. The molecule has 1 saturated heterocycles. The van der Waals surface area contributed by atoms with Crippen molar-refractivity contribution in [3.05, 3.63) is 0 Å². The summed E-state index contributed by atoms with van der Waals surface area (Å²) in [5, 5.41) is 3.47. The Labute approximate surface area is 159 Å². The van der Waals surface area contributed by atoms with Gasteiger partial charge in [0.05, 0.1) is 6.61 Å². The molecule has 0 bridgehead atoms. The van der Waals surface area contributed by atoms with E-state index in [2.05, 4.69) is 24.1 Å². The van der Waals surface area contributed by atoms with E-state index in [-0.39, 0.29) is 24.0 Å². The lowest BCUT2D eigenvalue weighted by molar-refractivity contribution is 0.157. The SMILES string of the molecule is CCNC(=NCCC1CCCC(C)C1)N1CCC(COC)C1.I. The Morgan fingerprint density at radius 1 is 1.26 bits per heavy atom. The highest BCUT2D eigenvalue weighted by atomic mass is 127. The lowest BCUT2D eigenvalue weighted by atomic mass is 9.81. The van der Waals surface area contributed by atoms with Gasteiger partial charge in [-0.1, -0.05) is 26.2 Å². The average molecular weight is 437 g/mol. The molecule has 0 aromatic carbocycles. The zero-order valence-electron chi connectivity index (χ0n) is 15.2. The van der Waals surface area contributed by atoms with Crippen molar-refractivity contribution in [2.45, 2.75) is 52.4 Å². The first-order valence-electron chi connectivity index (χ1n) is 9.25. The second-order valence-electron chi connectivity index (χ2n) is 7.22. The molecule has 3 unspecified atom stereocenters. The van der Waals surface area contributed by atoms with Gasteiger partial charge in [-0.2, -0.15) is 0 Å². The van der Waals surface area contributed by atoms with Crippen LogP contribution in [0, 0.1) is 17.8 Å². The van der Waals surface area contributed by atoms with Crippen LogP contribution < -0.4 is 5.32 Å². The fourth-order valence-electron chi connectivity index (χ4n) is 4.00. The highest BCUT2D eigenvalue weighted by molar-refractivity contribution is 14.0. The second kappa shape index (κ2) is 11.5. The molecule has 1 N–H and O–H groups in total. The maximum absolute atomic E-state index is 5.30. The molecular weight excluding hydrogens is 401 g/mol. The first-order chi connectivity index (χ1) is 10.7. The predicted molar refractivity (Wildman–Crippen MR) is 109 cm³/mol. The molecule has 2 aliphatic rings. The average Bonchev–Trinajstić information content (AvgIpc) is 2.95. The lowest BCUT2D eigenvalue weighted by Crippen LogP contribution is -2.40. The van der Waals surface area contributed by atoms with Gasteiger partial charge in [-0.15, -0.1) is 24.0 Å². The van der Waals surface area contributed by atoms with Crippen LogP contribution in [0.4, 0.5) is 0 Å². The quantitative estimate of drug-likeness (QED) is 0.391. The van der Waals surface area contributed by atoms with E-state index in [0.717, 1.165) is 50.6 Å². The molecule has 1 aliphatic carbocycles. The van der Waals surface area contributed by atoms with E-state index >= 15 is 0 Å². The van der Waals surface area contributed by atoms with Gasteiger partial charge in [-0.05, 0) is 38.0 Å². The third kappa shape index (κ3) is 7.16. The topological polar surface area (TPSA) is 36.9 Å². The summed E-state index contributed by atoms with van der Waals surface area (Å²) < 4.78 is 5.30. The second-order valence-corrected chi connectivity index (χ2v) is 7.22. The Balaban J connectivity index is 0.00000264. The third-order valence-electron chi connectivity index (χ3n) is 5.17. The standard InChI is InChI=1S/C18H35N3O.HI/c1-4-19-18(21-11-9-17(13-21)14-22-3)20-10-8-16-7-5-6-15(2)12-16;/h15-17H,4-14H2,1-3H3,(H,19,20);1H. The highest BCUT2D eigenvalue weighted by Gasteiger charge is 2.25. The zero-order valence-corrected chi connectivity index (χ0v) is 17.6. The van der Waals surface area contributed by atoms with Crippen LogP contribution in [0.25, 0.3) is 0 Å². The molecule has 1 saturated carbocycles. The molecular formula is C18H36IN3O. The molecule has 23 heavy (non-hydrogen) atoms. The Bertz CT molecular complexity index is 351. The van der Waals surface area contributed by atoms with Gasteiger partial charge in [0.25, 0.3) is 0 Å². The summed E-state index contributed by atoms with van der Waals surface area (Å²) in [6.07, 6.45) is 8.15. The maximum atomic E-state index is 5.30. The lowest BCUT2D eigenvalue weighted by Gasteiger charge is -2.26. The van der Waals surface area contributed by atoms with Crippen molar-refractivity contribution in [3.63, 3.8) is 0 Å². The van der Waals surface area contributed by atoms with E-state index in [9.17, 15) is 0 Å². The van der Waals surface area contributed by atoms with E-state index < -0.39 is 0 Å². The van der Waals surface area contributed by atoms with Crippen LogP contribution in [-0.4, -0.2) is 50.8 Å². The number of halogens is 1. The molecule has 0 spiro atoms. The van der Waals surface area contributed by atoms with Crippen LogP contribution in [-0.2, 0) is 4.74 Å². The van der Waals surface area contributed by atoms with E-state index in [1.807, 2.05) is 0 Å². The van der Waals surface area contributed by atoms with Crippen molar-refractivity contribution in [3.8, 4) is 0 Å². The van der Waals surface area contributed by atoms with Crippen molar-refractivity contribution in [2.24, 2.45) is 22.7 Å². The molecule has 0 aromatic rings. The van der Waals surface area contributed by atoms with Gasteiger partial charge in [-0.25, -0.2) is 0 Å². The molecule has 0 amide bonds. The van der Waals surface area contributed by atoms with Gasteiger partial charge in [0.15, 0.2) is 5.96 Å². The first-order valence-corrected chi connectivity index (χ1v) is 9.25. The number of hydrogen-bond donors (Lipinski definition) is 1. The first kappa shape index (κ1) is 21.0. The Morgan fingerprint density at radius 2 is 2.09 bits per heavy atom. The number of ether oxygens (including phenoxy) is 1. The van der Waals surface area contributed by atoms with Crippen LogP contribution in [0.3, 0.4) is 0 Å². The summed E-state index contributed by atoms with van der Waals surface area (Å²) in [6, 6.07) is 0. The van der Waals surface area contributed by atoms with Crippen molar-refractivity contribution < 1.29 is 4.74 Å². The van der Waals surface area contributed by atoms with Gasteiger partial charge in [0, 0.05) is 39.2 Å². The molecule has 2 fully saturated rings. The molecule has 4 nitrogen and oxygen atoms in total. The Morgan fingerprint density at radius 3 is 2.78 bits per heavy atom. The Hall–Kier alpha value is -0.0400. The number of likely N-dealkylation sites (tertiary alicyclic amines) is 1. The summed E-state index contributed by atoms with van der Waals surface area (Å²) in [5.41, 5.74) is 0. The summed E-state index contributed by atoms with van der Waals surface area (Å²) in [7, 11) is 1.80. The summed E-state index contributed by atoms with van der Waals surface area (Å²) in [5.74, 6) is 3.59. The van der Waals surface area contributed by atoms with Crippen LogP contribution >= 0.6 is 24.0 Å². The molecule has 0 aromatic heterocycles. The van der Waals surface area contributed by atoms with Crippen LogP contribution in [0.15, 0.2) is 4.99 Å². The van der Waals surface area contributed by atoms with Gasteiger partial charge in [0.2, 0.25) is 0 Å². The number of rotatable bonds is 6. The minimum atomic E-state index is 0. The van der Waals surface area contributed by atoms with Crippen molar-refractivity contribution in [1.29, 1.82) is 0 Å². The number of nitrogens with zero attached hydrogens (tertiary/aromatic N) is 2. The van der Waals surface area contributed by atoms with Gasteiger partial charge >= 0.3 is 0 Å². The smallest absolute Gasteiger partial charge is 0.193 e. The highest BCUT2D eigenvalue weighted by Crippen LogP contribution is 2.30. The normalized spacial score (nSPS) is 28.6. The third-order valence-corrected chi connectivity index (χ3v) is 5.17. The summed E-state index contributed by atoms with van der Waals surface area (Å²) >= 11 is 0. The molecule has 2 rings (SSSR count). The van der Waals surface area contributed by atoms with Crippen LogP contribution in [0.1, 0.15) is 52.4 Å². The van der Waals surface area contributed by atoms with E-state index in [0.29, 0.717) is 5.92 Å². The number of methoxy groups -OCH3 is 1. The van der Waals surface area contributed by atoms with E-state index in [1.54, 1.807) is 7.11 Å². The van der Waals surface area contributed by atoms with Crippen LogP contribution in [0.5, 0.6) is 0 Å². The number of hydrogen-bond acceptors (Lipinski definition) is 2. The maximum Gasteiger partial charge on any atom is 0.193 e. The molecule has 136 valence electrons. The molecule has 3 atom stereocenters. The molecule has 5 heteroatoms. The predicted octanol–water partition coefficient (Wildman–Crippen LogP) is 3.75. The Kier molecular flexibility index (Phi) is 10.5. The molecule has 1 aliphatic heterocycles. The minimum Gasteiger partial charge on any atom is -0.384 e. The fraction of sp³-hybridized carbons (Fsp3) is 0.944.